The number of nitrogens with zero attached hydrogens (tertiary/aromatic N) is 5. The molecule has 1 aliphatic rings. The van der Waals surface area contributed by atoms with Crippen LogP contribution in [-0.4, -0.2) is 50.1 Å². The van der Waals surface area contributed by atoms with E-state index >= 15 is 0 Å². The van der Waals surface area contributed by atoms with Gasteiger partial charge in [-0.1, -0.05) is 5.16 Å². The Kier molecular flexibility index (Phi) is 6.95. The molecule has 1 unspecified atom stereocenters. The van der Waals surface area contributed by atoms with Crippen LogP contribution in [0.1, 0.15) is 22.4 Å². The number of hydrogen-bond acceptors (Lipinski definition) is 6. The molecule has 1 N–H and O–H groups in total. The van der Waals surface area contributed by atoms with E-state index in [1.807, 2.05) is 29.9 Å². The molecule has 1 atom stereocenters. The molecule has 0 radical (unpaired) electrons. The van der Waals surface area contributed by atoms with E-state index in [1.54, 1.807) is 29.6 Å². The van der Waals surface area contributed by atoms with E-state index in [-0.39, 0.29) is 36.8 Å². The number of halogens is 2. The molecule has 3 aromatic rings. The molecule has 1 amide bonds. The van der Waals surface area contributed by atoms with Gasteiger partial charge in [-0.2, -0.15) is 0 Å². The van der Waals surface area contributed by atoms with E-state index in [9.17, 15) is 4.79 Å². The van der Waals surface area contributed by atoms with Gasteiger partial charge in [-0.05, 0) is 12.1 Å². The maximum absolute atomic E-state index is 13.0. The molecule has 0 aliphatic carbocycles. The monoisotopic (exact) mass is 410 g/mol. The number of aromatic nitrogens is 4. The van der Waals surface area contributed by atoms with Crippen LogP contribution in [-0.2, 0) is 7.05 Å². The van der Waals surface area contributed by atoms with Crippen molar-refractivity contribution in [2.75, 3.05) is 19.6 Å². The Morgan fingerprint density at radius 1 is 1.26 bits per heavy atom. The zero-order valence-electron chi connectivity index (χ0n) is 14.6. The van der Waals surface area contributed by atoms with E-state index in [2.05, 4.69) is 20.4 Å². The molecule has 27 heavy (non-hydrogen) atoms. The molecule has 4 rings (SSSR count). The summed E-state index contributed by atoms with van der Waals surface area (Å²) >= 11 is 0. The Hall–Kier alpha value is -2.42. The summed E-state index contributed by atoms with van der Waals surface area (Å²) in [6, 6.07) is 5.17. The van der Waals surface area contributed by atoms with Crippen molar-refractivity contribution in [1.82, 2.24) is 29.9 Å². The van der Waals surface area contributed by atoms with Gasteiger partial charge in [0.05, 0.1) is 0 Å². The average molecular weight is 411 g/mol. The molecular formula is C17H20Cl2N6O2. The normalized spacial score (nSPS) is 16.3. The Labute approximate surface area is 168 Å². The highest BCUT2D eigenvalue weighted by Crippen LogP contribution is 2.25. The van der Waals surface area contributed by atoms with Crippen molar-refractivity contribution in [1.29, 1.82) is 0 Å². The fourth-order valence-electron chi connectivity index (χ4n) is 3.05. The topological polar surface area (TPSA) is 89.1 Å². The first-order chi connectivity index (χ1) is 12.2. The summed E-state index contributed by atoms with van der Waals surface area (Å²) in [5, 5.41) is 7.29. The molecule has 4 heterocycles. The highest BCUT2D eigenvalue weighted by Gasteiger charge is 2.32. The van der Waals surface area contributed by atoms with Crippen molar-refractivity contribution in [2.24, 2.45) is 7.05 Å². The number of pyridine rings is 1. The number of hydrogen-bond donors (Lipinski definition) is 1. The lowest BCUT2D eigenvalue weighted by Gasteiger charge is -2.35. The molecule has 3 aromatic heterocycles. The molecule has 8 nitrogen and oxygen atoms in total. The smallest absolute Gasteiger partial charge is 0.276 e. The minimum atomic E-state index is -0.154. The van der Waals surface area contributed by atoms with Crippen LogP contribution in [0, 0.1) is 0 Å². The van der Waals surface area contributed by atoms with Crippen molar-refractivity contribution in [3.05, 3.63) is 54.5 Å². The first-order valence-corrected chi connectivity index (χ1v) is 8.10. The summed E-state index contributed by atoms with van der Waals surface area (Å²) in [6.07, 6.45) is 6.97. The lowest BCUT2D eigenvalue weighted by molar-refractivity contribution is 0.0610. The van der Waals surface area contributed by atoms with Gasteiger partial charge in [-0.25, -0.2) is 4.98 Å². The maximum atomic E-state index is 13.0. The van der Waals surface area contributed by atoms with E-state index in [0.29, 0.717) is 24.5 Å². The van der Waals surface area contributed by atoms with Crippen LogP contribution in [0.25, 0.3) is 11.3 Å². The van der Waals surface area contributed by atoms with Gasteiger partial charge >= 0.3 is 0 Å². The van der Waals surface area contributed by atoms with Crippen LogP contribution in [0.4, 0.5) is 0 Å². The molecule has 10 heteroatoms. The van der Waals surface area contributed by atoms with Crippen molar-refractivity contribution in [3.63, 3.8) is 0 Å². The lowest BCUT2D eigenvalue weighted by atomic mass is 10.1. The van der Waals surface area contributed by atoms with Gasteiger partial charge in [-0.3, -0.25) is 9.78 Å². The largest absolute Gasteiger partial charge is 0.355 e. The highest BCUT2D eigenvalue weighted by molar-refractivity contribution is 5.93. The fourth-order valence-corrected chi connectivity index (χ4v) is 3.05. The van der Waals surface area contributed by atoms with Crippen molar-refractivity contribution >= 4 is 30.7 Å². The number of carbonyl (C=O) groups excluding carboxylic acids is 1. The highest BCUT2D eigenvalue weighted by atomic mass is 35.5. The first-order valence-electron chi connectivity index (χ1n) is 8.10. The molecule has 0 aromatic carbocycles. The number of nitrogens with one attached hydrogen (secondary N) is 1. The molecule has 0 spiro atoms. The van der Waals surface area contributed by atoms with Gasteiger partial charge in [0.1, 0.15) is 11.9 Å². The van der Waals surface area contributed by atoms with Crippen LogP contribution in [0.15, 0.2) is 47.5 Å². The molecule has 1 fully saturated rings. The van der Waals surface area contributed by atoms with Gasteiger partial charge in [-0.15, -0.1) is 24.8 Å². The van der Waals surface area contributed by atoms with Gasteiger partial charge in [0.25, 0.3) is 5.91 Å². The van der Waals surface area contributed by atoms with Crippen molar-refractivity contribution in [2.45, 2.75) is 6.04 Å². The lowest BCUT2D eigenvalue weighted by Crippen LogP contribution is -2.49. The summed E-state index contributed by atoms with van der Waals surface area (Å²) < 4.78 is 7.28. The second kappa shape index (κ2) is 8.98. The van der Waals surface area contributed by atoms with E-state index in [4.69, 9.17) is 4.52 Å². The number of carbonyl (C=O) groups is 1. The molecule has 0 saturated carbocycles. The van der Waals surface area contributed by atoms with Crippen LogP contribution >= 0.6 is 24.8 Å². The van der Waals surface area contributed by atoms with Crippen LogP contribution in [0.5, 0.6) is 0 Å². The number of imidazole rings is 1. The number of piperazine rings is 1. The van der Waals surface area contributed by atoms with Gasteiger partial charge < -0.3 is 19.3 Å². The molecule has 1 aliphatic heterocycles. The van der Waals surface area contributed by atoms with E-state index in [0.717, 1.165) is 17.9 Å². The summed E-state index contributed by atoms with van der Waals surface area (Å²) in [4.78, 5) is 23.2. The van der Waals surface area contributed by atoms with Crippen molar-refractivity contribution < 1.29 is 9.32 Å². The Morgan fingerprint density at radius 2 is 2.04 bits per heavy atom. The maximum Gasteiger partial charge on any atom is 0.276 e. The Morgan fingerprint density at radius 3 is 2.74 bits per heavy atom. The third kappa shape index (κ3) is 4.13. The second-order valence-corrected chi connectivity index (χ2v) is 5.93. The second-order valence-electron chi connectivity index (χ2n) is 5.93. The Balaban J connectivity index is 0.00000131. The average Bonchev–Trinajstić information content (AvgIpc) is 3.31. The van der Waals surface area contributed by atoms with Crippen LogP contribution < -0.4 is 5.32 Å². The van der Waals surface area contributed by atoms with E-state index < -0.39 is 0 Å². The molecule has 144 valence electrons. The predicted octanol–water partition coefficient (Wildman–Crippen LogP) is 2.10. The quantitative estimate of drug-likeness (QED) is 0.710. The van der Waals surface area contributed by atoms with Crippen LogP contribution in [0.3, 0.4) is 0 Å². The fraction of sp³-hybridized carbons (Fsp3) is 0.294. The summed E-state index contributed by atoms with van der Waals surface area (Å²) in [6.45, 7) is 1.99. The molecular weight excluding hydrogens is 391 g/mol. The summed E-state index contributed by atoms with van der Waals surface area (Å²) in [5.41, 5.74) is 1.13. The third-order valence-electron chi connectivity index (χ3n) is 4.35. The zero-order valence-corrected chi connectivity index (χ0v) is 16.2. The standard InChI is InChI=1S/C17H18N6O2.2ClH/c1-22-8-7-20-16(22)14-11-19-6-9-23(14)17(24)13-10-15(25-21-13)12-2-4-18-5-3-12;;/h2-5,7-8,10,14,19H,6,9,11H2,1H3;2*1H. The minimum absolute atomic E-state index is 0. The number of aryl methyl sites for hydroxylation is 1. The zero-order chi connectivity index (χ0) is 17.2. The van der Waals surface area contributed by atoms with Crippen LogP contribution in [0.2, 0.25) is 0 Å². The van der Waals surface area contributed by atoms with Crippen molar-refractivity contribution in [3.8, 4) is 11.3 Å². The predicted molar refractivity (Wildman–Crippen MR) is 104 cm³/mol. The summed E-state index contributed by atoms with van der Waals surface area (Å²) in [5.74, 6) is 1.24. The first kappa shape index (κ1) is 20.9. The molecule has 1 saturated heterocycles. The van der Waals surface area contributed by atoms with Gasteiger partial charge in [0, 0.05) is 63.1 Å². The Bertz CT molecular complexity index is 882. The van der Waals surface area contributed by atoms with E-state index in [1.165, 1.54) is 0 Å². The van der Waals surface area contributed by atoms with Gasteiger partial charge in [0.2, 0.25) is 0 Å². The third-order valence-corrected chi connectivity index (χ3v) is 4.35. The summed E-state index contributed by atoms with van der Waals surface area (Å²) in [7, 11) is 1.93. The molecule has 0 bridgehead atoms. The number of amides is 1. The minimum Gasteiger partial charge on any atom is -0.355 e. The SMILES string of the molecule is Cl.Cl.Cn1ccnc1C1CNCCN1C(=O)c1cc(-c2ccncc2)on1. The van der Waals surface area contributed by atoms with Gasteiger partial charge in [0.15, 0.2) is 11.5 Å². The number of rotatable bonds is 3.